The number of aromatic nitrogens is 1. The van der Waals surface area contributed by atoms with Crippen LogP contribution < -0.4 is 10.2 Å². The fourth-order valence-corrected chi connectivity index (χ4v) is 5.25. The Morgan fingerprint density at radius 2 is 2.05 bits per heavy atom. The maximum absolute atomic E-state index is 5.00. The fourth-order valence-electron chi connectivity index (χ4n) is 4.01. The van der Waals surface area contributed by atoms with E-state index in [1.54, 1.807) is 0 Å². The van der Waals surface area contributed by atoms with E-state index in [4.69, 9.17) is 4.98 Å². The molecule has 2 aliphatic carbocycles. The highest BCUT2D eigenvalue weighted by molar-refractivity contribution is 7.15. The van der Waals surface area contributed by atoms with Crippen LogP contribution >= 0.6 is 11.3 Å². The summed E-state index contributed by atoms with van der Waals surface area (Å²) >= 11 is 1.94. The number of nitrogens with zero attached hydrogens (tertiary/aromatic N) is 2. The lowest BCUT2D eigenvalue weighted by Gasteiger charge is -2.36. The van der Waals surface area contributed by atoms with Gasteiger partial charge in [-0.3, -0.25) is 0 Å². The van der Waals surface area contributed by atoms with Gasteiger partial charge in [-0.05, 0) is 44.6 Å². The quantitative estimate of drug-likeness (QED) is 0.906. The number of aryl methyl sites for hydroxylation is 1. The van der Waals surface area contributed by atoms with E-state index >= 15 is 0 Å². The van der Waals surface area contributed by atoms with E-state index in [2.05, 4.69) is 31.1 Å². The van der Waals surface area contributed by atoms with Crippen LogP contribution in [0.3, 0.4) is 0 Å². The van der Waals surface area contributed by atoms with Crippen LogP contribution in [0.5, 0.6) is 0 Å². The Bertz CT molecular complexity index is 471. The summed E-state index contributed by atoms with van der Waals surface area (Å²) in [4.78, 5) is 8.99. The summed E-state index contributed by atoms with van der Waals surface area (Å²) in [5.41, 5.74) is 1.36. The summed E-state index contributed by atoms with van der Waals surface area (Å²) in [7, 11) is 2.26. The van der Waals surface area contributed by atoms with Crippen molar-refractivity contribution < 1.29 is 0 Å². The molecule has 0 radical (unpaired) electrons. The predicted molar refractivity (Wildman–Crippen MR) is 91.3 cm³/mol. The van der Waals surface area contributed by atoms with E-state index in [1.165, 1.54) is 60.6 Å². The minimum absolute atomic E-state index is 0.544. The Morgan fingerprint density at radius 3 is 2.81 bits per heavy atom. The largest absolute Gasteiger partial charge is 0.348 e. The SMILES string of the molecule is CCNC1CCCc2nc(N(C)C3CCCCC3C)sc21. The van der Waals surface area contributed by atoms with Crippen LogP contribution in [0.4, 0.5) is 5.13 Å². The van der Waals surface area contributed by atoms with Gasteiger partial charge in [-0.25, -0.2) is 4.98 Å². The minimum atomic E-state index is 0.544. The predicted octanol–water partition coefficient (Wildman–Crippen LogP) is 4.14. The Kier molecular flexibility index (Phi) is 4.85. The molecule has 4 heteroatoms. The number of nitrogens with one attached hydrogen (secondary N) is 1. The zero-order chi connectivity index (χ0) is 14.8. The lowest BCUT2D eigenvalue weighted by Crippen LogP contribution is -2.38. The van der Waals surface area contributed by atoms with Crippen LogP contribution in [0.1, 0.15) is 69.0 Å². The number of thiazole rings is 1. The van der Waals surface area contributed by atoms with Crippen molar-refractivity contribution in [2.75, 3.05) is 18.5 Å². The summed E-state index contributed by atoms with van der Waals surface area (Å²) in [6.07, 6.45) is 9.21. The van der Waals surface area contributed by atoms with Gasteiger partial charge in [-0.15, -0.1) is 0 Å². The molecule has 118 valence electrons. The van der Waals surface area contributed by atoms with Gasteiger partial charge in [0.1, 0.15) is 0 Å². The second-order valence-electron chi connectivity index (χ2n) is 6.75. The van der Waals surface area contributed by atoms with Crippen LogP contribution in [0.25, 0.3) is 0 Å². The normalized spacial score (nSPS) is 29.2. The van der Waals surface area contributed by atoms with E-state index in [-0.39, 0.29) is 0 Å². The van der Waals surface area contributed by atoms with E-state index in [9.17, 15) is 0 Å². The molecule has 3 atom stereocenters. The van der Waals surface area contributed by atoms with Gasteiger partial charge in [-0.2, -0.15) is 0 Å². The Morgan fingerprint density at radius 1 is 1.24 bits per heavy atom. The number of fused-ring (bicyclic) bond motifs is 1. The molecule has 1 N–H and O–H groups in total. The molecule has 21 heavy (non-hydrogen) atoms. The Hall–Kier alpha value is -0.610. The molecule has 1 aromatic heterocycles. The van der Waals surface area contributed by atoms with Crippen LogP contribution in [-0.4, -0.2) is 24.6 Å². The second-order valence-corrected chi connectivity index (χ2v) is 7.76. The molecular weight excluding hydrogens is 278 g/mol. The van der Waals surface area contributed by atoms with Crippen LogP contribution in [-0.2, 0) is 6.42 Å². The molecule has 0 saturated heterocycles. The second kappa shape index (κ2) is 6.66. The maximum Gasteiger partial charge on any atom is 0.185 e. The highest BCUT2D eigenvalue weighted by Crippen LogP contribution is 2.39. The van der Waals surface area contributed by atoms with Gasteiger partial charge >= 0.3 is 0 Å². The number of anilines is 1. The van der Waals surface area contributed by atoms with Crippen molar-refractivity contribution in [2.24, 2.45) is 5.92 Å². The van der Waals surface area contributed by atoms with Crippen molar-refractivity contribution in [1.82, 2.24) is 10.3 Å². The summed E-state index contributed by atoms with van der Waals surface area (Å²) in [6, 6.07) is 1.23. The van der Waals surface area contributed by atoms with E-state index in [1.807, 2.05) is 11.3 Å². The molecule has 1 aromatic rings. The lowest BCUT2D eigenvalue weighted by atomic mass is 9.85. The average molecular weight is 308 g/mol. The van der Waals surface area contributed by atoms with E-state index in [0.717, 1.165) is 12.5 Å². The molecule has 0 aromatic carbocycles. The number of hydrogen-bond acceptors (Lipinski definition) is 4. The highest BCUT2D eigenvalue weighted by atomic mass is 32.1. The van der Waals surface area contributed by atoms with Crippen molar-refractivity contribution in [3.05, 3.63) is 10.6 Å². The monoisotopic (exact) mass is 307 g/mol. The fraction of sp³-hybridized carbons (Fsp3) is 0.824. The van der Waals surface area contributed by atoms with Gasteiger partial charge in [0, 0.05) is 24.0 Å². The third kappa shape index (κ3) is 3.11. The molecule has 3 rings (SSSR count). The first-order valence-electron chi connectivity index (χ1n) is 8.66. The van der Waals surface area contributed by atoms with Crippen molar-refractivity contribution in [2.45, 2.75) is 70.9 Å². The zero-order valence-corrected chi connectivity index (χ0v) is 14.5. The molecular formula is C17H29N3S. The molecule has 0 bridgehead atoms. The molecule has 0 spiro atoms. The molecule has 2 aliphatic rings. The lowest BCUT2D eigenvalue weighted by molar-refractivity contribution is 0.321. The van der Waals surface area contributed by atoms with Crippen LogP contribution in [0.2, 0.25) is 0 Å². The van der Waals surface area contributed by atoms with Gasteiger partial charge in [0.05, 0.1) is 5.69 Å². The average Bonchev–Trinajstić information content (AvgIpc) is 2.92. The van der Waals surface area contributed by atoms with Crippen molar-refractivity contribution >= 4 is 16.5 Å². The van der Waals surface area contributed by atoms with Gasteiger partial charge in [0.2, 0.25) is 0 Å². The molecule has 3 unspecified atom stereocenters. The van der Waals surface area contributed by atoms with Gasteiger partial charge < -0.3 is 10.2 Å². The summed E-state index contributed by atoms with van der Waals surface area (Å²) in [5, 5.41) is 4.89. The first-order chi connectivity index (χ1) is 10.2. The molecule has 0 amide bonds. The summed E-state index contributed by atoms with van der Waals surface area (Å²) in [6.45, 7) is 5.66. The number of hydrogen-bond donors (Lipinski definition) is 1. The summed E-state index contributed by atoms with van der Waals surface area (Å²) < 4.78 is 0. The molecule has 1 fully saturated rings. The Balaban J connectivity index is 1.79. The van der Waals surface area contributed by atoms with Crippen molar-refractivity contribution in [1.29, 1.82) is 0 Å². The third-order valence-electron chi connectivity index (χ3n) is 5.26. The first-order valence-corrected chi connectivity index (χ1v) is 9.48. The Labute approximate surface area is 133 Å². The molecule has 3 nitrogen and oxygen atoms in total. The smallest absolute Gasteiger partial charge is 0.185 e. The molecule has 1 saturated carbocycles. The minimum Gasteiger partial charge on any atom is -0.348 e. The van der Waals surface area contributed by atoms with Gasteiger partial charge in [0.15, 0.2) is 5.13 Å². The first kappa shape index (κ1) is 15.3. The molecule has 0 aliphatic heterocycles. The van der Waals surface area contributed by atoms with E-state index < -0.39 is 0 Å². The van der Waals surface area contributed by atoms with Crippen molar-refractivity contribution in [3.63, 3.8) is 0 Å². The maximum atomic E-state index is 5.00. The number of rotatable bonds is 4. The topological polar surface area (TPSA) is 28.2 Å². The zero-order valence-electron chi connectivity index (χ0n) is 13.7. The van der Waals surface area contributed by atoms with Gasteiger partial charge in [0.25, 0.3) is 0 Å². The van der Waals surface area contributed by atoms with Crippen molar-refractivity contribution in [3.8, 4) is 0 Å². The van der Waals surface area contributed by atoms with Crippen LogP contribution in [0.15, 0.2) is 0 Å². The van der Waals surface area contributed by atoms with Crippen LogP contribution in [0, 0.1) is 5.92 Å². The standard InChI is InChI=1S/C17H29N3S/c1-4-18-13-9-7-10-14-16(13)21-17(19-14)20(3)15-11-6-5-8-12(15)2/h12-13,15,18H,4-11H2,1-3H3. The highest BCUT2D eigenvalue weighted by Gasteiger charge is 2.29. The van der Waals surface area contributed by atoms with Gasteiger partial charge in [-0.1, -0.05) is 38.0 Å². The van der Waals surface area contributed by atoms with E-state index in [0.29, 0.717) is 12.1 Å². The molecule has 1 heterocycles. The summed E-state index contributed by atoms with van der Waals surface area (Å²) in [5.74, 6) is 0.800. The third-order valence-corrected chi connectivity index (χ3v) is 6.56.